The topological polar surface area (TPSA) is 65.1 Å². The minimum atomic E-state index is -0.547. The lowest BCUT2D eigenvalue weighted by Crippen LogP contribution is -2.42. The number of carbonyl (C=O) groups excluding carboxylic acids is 2. The second-order valence-corrected chi connectivity index (χ2v) is 9.59. The van der Waals surface area contributed by atoms with Crippen molar-refractivity contribution in [1.82, 2.24) is 4.90 Å². The smallest absolute Gasteiger partial charge is 0.311 e. The van der Waals surface area contributed by atoms with E-state index in [1.165, 1.54) is 0 Å². The molecule has 0 aliphatic carbocycles. The Balaban J connectivity index is 1.95. The zero-order chi connectivity index (χ0) is 21.8. The average molecular weight is 406 g/mol. The summed E-state index contributed by atoms with van der Waals surface area (Å²) in [6.45, 7) is 14.5. The van der Waals surface area contributed by atoms with Crippen molar-refractivity contribution in [2.24, 2.45) is 10.8 Å². The largest absolute Gasteiger partial charge is 0.465 e. The lowest BCUT2D eigenvalue weighted by atomic mass is 9.89. The summed E-state index contributed by atoms with van der Waals surface area (Å²) in [5, 5.41) is 0. The molecule has 0 radical (unpaired) electrons. The van der Waals surface area contributed by atoms with Gasteiger partial charge in [0.05, 0.1) is 12.0 Å². The Labute approximate surface area is 174 Å². The molecule has 0 saturated carbocycles. The number of nitrogens with zero attached hydrogens (tertiary/aromatic N) is 1. The van der Waals surface area contributed by atoms with Crippen LogP contribution >= 0.6 is 0 Å². The molecule has 1 aromatic carbocycles. The molecule has 1 unspecified atom stereocenters. The lowest BCUT2D eigenvalue weighted by Gasteiger charge is -2.32. The van der Waals surface area contributed by atoms with E-state index in [1.807, 2.05) is 64.6 Å². The number of esters is 1. The maximum absolute atomic E-state index is 13.0. The molecule has 0 saturated heterocycles. The fourth-order valence-electron chi connectivity index (χ4n) is 3.29. The number of ether oxygens (including phenoxy) is 3. The first kappa shape index (κ1) is 23.0. The third-order valence-electron chi connectivity index (χ3n) is 5.00. The molecule has 1 aliphatic heterocycles. The van der Waals surface area contributed by atoms with E-state index in [1.54, 1.807) is 0 Å². The van der Waals surface area contributed by atoms with Crippen LogP contribution in [-0.2, 0) is 20.7 Å². The number of amides is 1. The van der Waals surface area contributed by atoms with Gasteiger partial charge in [0.25, 0.3) is 0 Å². The predicted octanol–water partition coefficient (Wildman–Crippen LogP) is 4.20. The standard InChI is InChI=1S/C23H35NO5/c1-8-24(16(2)11-17-9-10-18-19(12-17)29-15-28-18)20(25)13-23(6,7)14-27-21(26)22(3,4)5/h9-10,12,16H,8,11,13-15H2,1-7H3. The van der Waals surface area contributed by atoms with Gasteiger partial charge < -0.3 is 19.1 Å². The number of hydrogen-bond donors (Lipinski definition) is 0. The van der Waals surface area contributed by atoms with Crippen LogP contribution in [0.15, 0.2) is 18.2 Å². The molecule has 1 aromatic rings. The predicted molar refractivity (Wildman–Crippen MR) is 112 cm³/mol. The summed E-state index contributed by atoms with van der Waals surface area (Å²) in [7, 11) is 0. The van der Waals surface area contributed by atoms with Crippen LogP contribution in [0, 0.1) is 10.8 Å². The highest BCUT2D eigenvalue weighted by Gasteiger charge is 2.31. The van der Waals surface area contributed by atoms with Crippen LogP contribution in [0.4, 0.5) is 0 Å². The fraction of sp³-hybridized carbons (Fsp3) is 0.652. The van der Waals surface area contributed by atoms with Gasteiger partial charge in [0.1, 0.15) is 0 Å². The van der Waals surface area contributed by atoms with Crippen molar-refractivity contribution < 1.29 is 23.8 Å². The van der Waals surface area contributed by atoms with E-state index in [4.69, 9.17) is 14.2 Å². The molecule has 0 spiro atoms. The third kappa shape index (κ3) is 6.38. The van der Waals surface area contributed by atoms with Gasteiger partial charge in [-0.2, -0.15) is 0 Å². The number of fused-ring (bicyclic) bond motifs is 1. The average Bonchev–Trinajstić information content (AvgIpc) is 3.06. The number of rotatable bonds is 8. The summed E-state index contributed by atoms with van der Waals surface area (Å²) in [6.07, 6.45) is 1.05. The Hall–Kier alpha value is -2.24. The summed E-state index contributed by atoms with van der Waals surface area (Å²) < 4.78 is 16.3. The van der Waals surface area contributed by atoms with Gasteiger partial charge in [0.15, 0.2) is 11.5 Å². The van der Waals surface area contributed by atoms with Gasteiger partial charge in [-0.05, 0) is 58.7 Å². The quantitative estimate of drug-likeness (QED) is 0.607. The highest BCUT2D eigenvalue weighted by molar-refractivity contribution is 5.77. The van der Waals surface area contributed by atoms with Crippen molar-refractivity contribution in [3.8, 4) is 11.5 Å². The maximum atomic E-state index is 13.0. The molecule has 0 N–H and O–H groups in total. The van der Waals surface area contributed by atoms with E-state index in [2.05, 4.69) is 6.92 Å². The van der Waals surface area contributed by atoms with E-state index in [9.17, 15) is 9.59 Å². The van der Waals surface area contributed by atoms with Crippen LogP contribution in [0.25, 0.3) is 0 Å². The number of hydrogen-bond acceptors (Lipinski definition) is 5. The van der Waals surface area contributed by atoms with Crippen molar-refractivity contribution in [3.63, 3.8) is 0 Å². The highest BCUT2D eigenvalue weighted by atomic mass is 16.7. The number of carbonyl (C=O) groups is 2. The zero-order valence-corrected chi connectivity index (χ0v) is 18.8. The van der Waals surface area contributed by atoms with Crippen LogP contribution in [0.5, 0.6) is 11.5 Å². The molecule has 6 heteroatoms. The molecule has 6 nitrogen and oxygen atoms in total. The Morgan fingerprint density at radius 1 is 1.14 bits per heavy atom. The van der Waals surface area contributed by atoms with Crippen LogP contribution in [-0.4, -0.2) is 42.8 Å². The van der Waals surface area contributed by atoms with Gasteiger partial charge in [-0.1, -0.05) is 19.9 Å². The summed E-state index contributed by atoms with van der Waals surface area (Å²) in [5.41, 5.74) is 0.129. The molecular weight excluding hydrogens is 370 g/mol. The summed E-state index contributed by atoms with van der Waals surface area (Å²) in [5.74, 6) is 1.33. The van der Waals surface area contributed by atoms with Crippen LogP contribution in [0.1, 0.15) is 60.5 Å². The highest BCUT2D eigenvalue weighted by Crippen LogP contribution is 2.33. The molecule has 0 fully saturated rings. The van der Waals surface area contributed by atoms with Gasteiger partial charge >= 0.3 is 5.97 Å². The van der Waals surface area contributed by atoms with Gasteiger partial charge in [-0.25, -0.2) is 0 Å². The van der Waals surface area contributed by atoms with Gasteiger partial charge in [0, 0.05) is 24.4 Å². The first-order chi connectivity index (χ1) is 13.4. The zero-order valence-electron chi connectivity index (χ0n) is 18.8. The summed E-state index contributed by atoms with van der Waals surface area (Å²) >= 11 is 0. The number of benzene rings is 1. The first-order valence-electron chi connectivity index (χ1n) is 10.3. The molecule has 2 rings (SSSR count). The Morgan fingerprint density at radius 3 is 2.41 bits per heavy atom. The van der Waals surface area contributed by atoms with E-state index in [-0.39, 0.29) is 31.3 Å². The molecule has 0 aromatic heterocycles. The van der Waals surface area contributed by atoms with Crippen LogP contribution in [0.2, 0.25) is 0 Å². The molecular formula is C23H35NO5. The molecule has 29 heavy (non-hydrogen) atoms. The van der Waals surface area contributed by atoms with E-state index < -0.39 is 10.8 Å². The number of likely N-dealkylation sites (N-methyl/N-ethyl adjacent to an activating group) is 1. The molecule has 1 heterocycles. The second kappa shape index (κ2) is 9.06. The van der Waals surface area contributed by atoms with Crippen LogP contribution < -0.4 is 9.47 Å². The van der Waals surface area contributed by atoms with Crippen molar-refractivity contribution in [2.45, 2.75) is 67.3 Å². The van der Waals surface area contributed by atoms with E-state index >= 15 is 0 Å². The SMILES string of the molecule is CCN(C(=O)CC(C)(C)COC(=O)C(C)(C)C)C(C)Cc1ccc2c(c1)OCO2. The van der Waals surface area contributed by atoms with Gasteiger partial charge in [-0.15, -0.1) is 0 Å². The second-order valence-electron chi connectivity index (χ2n) is 9.59. The maximum Gasteiger partial charge on any atom is 0.311 e. The fourth-order valence-corrected chi connectivity index (χ4v) is 3.29. The lowest BCUT2D eigenvalue weighted by molar-refractivity contribution is -0.157. The molecule has 162 valence electrons. The van der Waals surface area contributed by atoms with Gasteiger partial charge in [-0.3, -0.25) is 9.59 Å². The minimum absolute atomic E-state index is 0.0424. The summed E-state index contributed by atoms with van der Waals surface area (Å²) in [4.78, 5) is 26.9. The third-order valence-corrected chi connectivity index (χ3v) is 5.00. The monoisotopic (exact) mass is 405 g/mol. The van der Waals surface area contributed by atoms with Crippen LogP contribution in [0.3, 0.4) is 0 Å². The molecule has 1 aliphatic rings. The van der Waals surface area contributed by atoms with Crippen molar-refractivity contribution in [2.75, 3.05) is 19.9 Å². The van der Waals surface area contributed by atoms with E-state index in [0.717, 1.165) is 23.5 Å². The molecule has 0 bridgehead atoms. The Kier molecular flexibility index (Phi) is 7.20. The van der Waals surface area contributed by atoms with Gasteiger partial charge in [0.2, 0.25) is 12.7 Å². The Bertz CT molecular complexity index is 735. The summed E-state index contributed by atoms with van der Waals surface area (Å²) in [6, 6.07) is 5.95. The Morgan fingerprint density at radius 2 is 1.79 bits per heavy atom. The van der Waals surface area contributed by atoms with Crippen molar-refractivity contribution in [3.05, 3.63) is 23.8 Å². The van der Waals surface area contributed by atoms with E-state index in [0.29, 0.717) is 13.0 Å². The molecule has 1 amide bonds. The van der Waals surface area contributed by atoms with Crippen molar-refractivity contribution >= 4 is 11.9 Å². The first-order valence-corrected chi connectivity index (χ1v) is 10.3. The minimum Gasteiger partial charge on any atom is -0.465 e. The van der Waals surface area contributed by atoms with Crippen molar-refractivity contribution in [1.29, 1.82) is 0 Å². The molecule has 1 atom stereocenters. The normalized spacial score (nSPS) is 14.4.